The summed E-state index contributed by atoms with van der Waals surface area (Å²) in [6.45, 7) is 3.49. The van der Waals surface area contributed by atoms with E-state index >= 15 is 0 Å². The molecule has 0 aliphatic carbocycles. The number of hydrogen-bond acceptors (Lipinski definition) is 3. The van der Waals surface area contributed by atoms with Gasteiger partial charge in [-0.1, -0.05) is 0 Å². The van der Waals surface area contributed by atoms with Crippen LogP contribution in [0.3, 0.4) is 0 Å². The standard InChI is InChI=1S/C10H14N2O2/c1-10(2,12)7-5-6(9(11)14)3-4-8(7)13/h3-5,13H,12H2,1-2H3,(H2,11,14). The van der Waals surface area contributed by atoms with E-state index in [0.717, 1.165) is 0 Å². The molecule has 4 heteroatoms. The third-order valence-electron chi connectivity index (χ3n) is 1.98. The van der Waals surface area contributed by atoms with Crippen molar-refractivity contribution < 1.29 is 9.90 Å². The molecule has 5 N–H and O–H groups in total. The van der Waals surface area contributed by atoms with Gasteiger partial charge in [0.05, 0.1) is 0 Å². The SMILES string of the molecule is CC(C)(N)c1cc(C(N)=O)ccc1O. The Morgan fingerprint density at radius 2 is 2.00 bits per heavy atom. The number of phenols is 1. The molecule has 0 heterocycles. The topological polar surface area (TPSA) is 89.3 Å². The molecule has 0 atom stereocenters. The van der Waals surface area contributed by atoms with Crippen LogP contribution in [-0.4, -0.2) is 11.0 Å². The first-order valence-corrected chi connectivity index (χ1v) is 4.24. The zero-order valence-electron chi connectivity index (χ0n) is 8.24. The van der Waals surface area contributed by atoms with Crippen molar-refractivity contribution in [1.82, 2.24) is 0 Å². The highest BCUT2D eigenvalue weighted by molar-refractivity contribution is 5.93. The molecule has 0 saturated carbocycles. The van der Waals surface area contributed by atoms with Crippen LogP contribution < -0.4 is 11.5 Å². The number of rotatable bonds is 2. The third-order valence-corrected chi connectivity index (χ3v) is 1.98. The quantitative estimate of drug-likeness (QED) is 0.646. The first kappa shape index (κ1) is 10.5. The smallest absolute Gasteiger partial charge is 0.248 e. The lowest BCUT2D eigenvalue weighted by atomic mass is 9.93. The van der Waals surface area contributed by atoms with E-state index < -0.39 is 11.4 Å². The summed E-state index contributed by atoms with van der Waals surface area (Å²) in [5, 5.41) is 9.52. The molecule has 1 aromatic rings. The van der Waals surface area contributed by atoms with Crippen LogP contribution in [0.25, 0.3) is 0 Å². The molecular weight excluding hydrogens is 180 g/mol. The van der Waals surface area contributed by atoms with E-state index in [1.54, 1.807) is 13.8 Å². The van der Waals surface area contributed by atoms with E-state index in [-0.39, 0.29) is 5.75 Å². The van der Waals surface area contributed by atoms with Crippen LogP contribution in [0.2, 0.25) is 0 Å². The highest BCUT2D eigenvalue weighted by atomic mass is 16.3. The van der Waals surface area contributed by atoms with E-state index in [2.05, 4.69) is 0 Å². The summed E-state index contributed by atoms with van der Waals surface area (Å²) in [7, 11) is 0. The lowest BCUT2D eigenvalue weighted by Gasteiger charge is -2.20. The highest BCUT2D eigenvalue weighted by Gasteiger charge is 2.19. The maximum atomic E-state index is 10.9. The zero-order chi connectivity index (χ0) is 10.9. The molecule has 0 radical (unpaired) electrons. The molecule has 1 rings (SSSR count). The summed E-state index contributed by atoms with van der Waals surface area (Å²) < 4.78 is 0. The molecule has 1 aromatic carbocycles. The summed E-state index contributed by atoms with van der Waals surface area (Å²) in [6, 6.07) is 4.40. The highest BCUT2D eigenvalue weighted by Crippen LogP contribution is 2.27. The Morgan fingerprint density at radius 3 is 2.43 bits per heavy atom. The van der Waals surface area contributed by atoms with E-state index in [1.165, 1.54) is 18.2 Å². The fourth-order valence-corrected chi connectivity index (χ4v) is 1.21. The minimum Gasteiger partial charge on any atom is -0.508 e. The Balaban J connectivity index is 3.29. The Kier molecular flexibility index (Phi) is 2.49. The molecule has 0 bridgehead atoms. The molecule has 0 saturated heterocycles. The van der Waals surface area contributed by atoms with Crippen molar-refractivity contribution in [2.45, 2.75) is 19.4 Å². The molecule has 76 valence electrons. The minimum absolute atomic E-state index is 0.0718. The van der Waals surface area contributed by atoms with Gasteiger partial charge in [0.25, 0.3) is 0 Å². The van der Waals surface area contributed by atoms with Crippen molar-refractivity contribution >= 4 is 5.91 Å². The average molecular weight is 194 g/mol. The Hall–Kier alpha value is -1.55. The van der Waals surface area contributed by atoms with Crippen LogP contribution in [-0.2, 0) is 5.54 Å². The van der Waals surface area contributed by atoms with Crippen molar-refractivity contribution in [3.8, 4) is 5.75 Å². The fraction of sp³-hybridized carbons (Fsp3) is 0.300. The van der Waals surface area contributed by atoms with Gasteiger partial charge in [0.1, 0.15) is 5.75 Å². The second-order valence-corrected chi connectivity index (χ2v) is 3.82. The molecule has 0 aromatic heterocycles. The van der Waals surface area contributed by atoms with E-state index in [4.69, 9.17) is 11.5 Å². The summed E-state index contributed by atoms with van der Waals surface area (Å²) in [6.07, 6.45) is 0. The van der Waals surface area contributed by atoms with Crippen LogP contribution in [0.15, 0.2) is 18.2 Å². The van der Waals surface area contributed by atoms with Gasteiger partial charge < -0.3 is 16.6 Å². The predicted molar refractivity (Wildman–Crippen MR) is 53.8 cm³/mol. The van der Waals surface area contributed by atoms with Crippen molar-refractivity contribution in [1.29, 1.82) is 0 Å². The van der Waals surface area contributed by atoms with Crippen molar-refractivity contribution in [2.24, 2.45) is 11.5 Å². The number of primary amides is 1. The molecular formula is C10H14N2O2. The lowest BCUT2D eigenvalue weighted by molar-refractivity contribution is 0.1000. The summed E-state index contributed by atoms with van der Waals surface area (Å²) in [5.41, 5.74) is 11.1. The lowest BCUT2D eigenvalue weighted by Crippen LogP contribution is -2.29. The molecule has 0 spiro atoms. The van der Waals surface area contributed by atoms with Gasteiger partial charge >= 0.3 is 0 Å². The van der Waals surface area contributed by atoms with Crippen molar-refractivity contribution in [3.05, 3.63) is 29.3 Å². The summed E-state index contributed by atoms with van der Waals surface area (Å²) in [4.78, 5) is 10.9. The number of amides is 1. The average Bonchev–Trinajstić information content (AvgIpc) is 2.02. The van der Waals surface area contributed by atoms with Gasteiger partial charge in [-0.3, -0.25) is 4.79 Å². The molecule has 0 aliphatic rings. The number of carbonyl (C=O) groups is 1. The van der Waals surface area contributed by atoms with E-state index in [9.17, 15) is 9.90 Å². The van der Waals surface area contributed by atoms with Gasteiger partial charge in [-0.25, -0.2) is 0 Å². The number of hydrogen-bond donors (Lipinski definition) is 3. The van der Waals surface area contributed by atoms with Crippen molar-refractivity contribution in [2.75, 3.05) is 0 Å². The van der Waals surface area contributed by atoms with Gasteiger partial charge in [0, 0.05) is 16.7 Å². The van der Waals surface area contributed by atoms with Crippen LogP contribution in [0.4, 0.5) is 0 Å². The molecule has 0 aliphatic heterocycles. The second kappa shape index (κ2) is 3.31. The Bertz CT molecular complexity index is 367. The zero-order valence-corrected chi connectivity index (χ0v) is 8.24. The van der Waals surface area contributed by atoms with Crippen LogP contribution in [0.5, 0.6) is 5.75 Å². The fourth-order valence-electron chi connectivity index (χ4n) is 1.21. The minimum atomic E-state index is -0.699. The molecule has 4 nitrogen and oxygen atoms in total. The number of benzene rings is 1. The maximum absolute atomic E-state index is 10.9. The Morgan fingerprint density at radius 1 is 1.43 bits per heavy atom. The molecule has 14 heavy (non-hydrogen) atoms. The third kappa shape index (κ3) is 2.03. The van der Waals surface area contributed by atoms with E-state index in [1.807, 2.05) is 0 Å². The van der Waals surface area contributed by atoms with Crippen LogP contribution in [0.1, 0.15) is 29.8 Å². The molecule has 0 fully saturated rings. The summed E-state index contributed by atoms with van der Waals surface area (Å²) in [5.74, 6) is -0.460. The summed E-state index contributed by atoms with van der Waals surface area (Å²) >= 11 is 0. The Labute approximate surface area is 82.5 Å². The monoisotopic (exact) mass is 194 g/mol. The number of nitrogens with two attached hydrogens (primary N) is 2. The maximum Gasteiger partial charge on any atom is 0.248 e. The first-order chi connectivity index (χ1) is 6.32. The van der Waals surface area contributed by atoms with Gasteiger partial charge in [0.15, 0.2) is 0 Å². The largest absolute Gasteiger partial charge is 0.508 e. The normalized spacial score (nSPS) is 11.4. The van der Waals surface area contributed by atoms with E-state index in [0.29, 0.717) is 11.1 Å². The van der Waals surface area contributed by atoms with Gasteiger partial charge in [0.2, 0.25) is 5.91 Å². The van der Waals surface area contributed by atoms with Gasteiger partial charge in [-0.15, -0.1) is 0 Å². The first-order valence-electron chi connectivity index (χ1n) is 4.24. The van der Waals surface area contributed by atoms with Crippen LogP contribution >= 0.6 is 0 Å². The second-order valence-electron chi connectivity index (χ2n) is 3.82. The van der Waals surface area contributed by atoms with Gasteiger partial charge in [-0.05, 0) is 32.0 Å². The van der Waals surface area contributed by atoms with Crippen molar-refractivity contribution in [3.63, 3.8) is 0 Å². The van der Waals surface area contributed by atoms with Gasteiger partial charge in [-0.2, -0.15) is 0 Å². The number of phenolic OH excluding ortho intramolecular Hbond substituents is 1. The predicted octanol–water partition coefficient (Wildman–Crippen LogP) is 0.685. The number of carbonyl (C=O) groups excluding carboxylic acids is 1. The molecule has 1 amide bonds. The molecule has 0 unspecified atom stereocenters. The van der Waals surface area contributed by atoms with Crippen LogP contribution in [0, 0.1) is 0 Å². The number of aromatic hydroxyl groups is 1.